The number of carbonyl (C=O) groups is 5. The van der Waals surface area contributed by atoms with Crippen LogP contribution in [-0.4, -0.2) is 95.0 Å². The van der Waals surface area contributed by atoms with Gasteiger partial charge in [-0.3, -0.25) is 24.2 Å². The smallest absolute Gasteiger partial charge is 0.352 e. The van der Waals surface area contributed by atoms with Crippen LogP contribution in [0, 0.1) is 6.92 Å². The number of carboxylic acid groups (broad SMARTS) is 1. The van der Waals surface area contributed by atoms with Gasteiger partial charge in [0.25, 0.3) is 11.8 Å². The number of phenols is 2. The highest BCUT2D eigenvalue weighted by Crippen LogP contribution is 2.42. The van der Waals surface area contributed by atoms with Gasteiger partial charge in [-0.25, -0.2) is 9.59 Å². The van der Waals surface area contributed by atoms with Gasteiger partial charge in [0.1, 0.15) is 28.2 Å². The van der Waals surface area contributed by atoms with Crippen LogP contribution in [0.15, 0.2) is 64.1 Å². The lowest BCUT2D eigenvalue weighted by Crippen LogP contribution is -2.71. The van der Waals surface area contributed by atoms with Crippen LogP contribution in [0.25, 0.3) is 0 Å². The monoisotopic (exact) mass is 670 g/mol. The Morgan fingerprint density at radius 3 is 2.49 bits per heavy atom. The summed E-state index contributed by atoms with van der Waals surface area (Å²) in [6.45, 7) is 1.81. The van der Waals surface area contributed by atoms with E-state index >= 15 is 0 Å². The molecular weight excluding hydrogens is 645 g/mol. The molecule has 2 aromatic carbocycles. The summed E-state index contributed by atoms with van der Waals surface area (Å²) >= 11 is 4.02. The number of amides is 5. The summed E-state index contributed by atoms with van der Waals surface area (Å²) in [5, 5.41) is 42.5. The first-order chi connectivity index (χ1) is 21.5. The van der Waals surface area contributed by atoms with Crippen LogP contribution in [0.1, 0.15) is 27.0 Å². The second kappa shape index (κ2) is 13.2. The molecule has 3 atom stereocenters. The third-order valence-electron chi connectivity index (χ3n) is 6.92. The number of urea groups is 1. The molecule has 45 heavy (non-hydrogen) atoms. The molecule has 234 valence electrons. The second-order valence-electron chi connectivity index (χ2n) is 9.89. The molecule has 5 N–H and O–H groups in total. The first kappa shape index (κ1) is 31.8. The van der Waals surface area contributed by atoms with E-state index in [1.165, 1.54) is 48.0 Å². The van der Waals surface area contributed by atoms with Crippen molar-refractivity contribution < 1.29 is 39.3 Å². The second-order valence-corrected chi connectivity index (χ2v) is 13.4. The van der Waals surface area contributed by atoms with Crippen LogP contribution in [0.2, 0.25) is 0 Å². The van der Waals surface area contributed by atoms with Crippen molar-refractivity contribution in [2.45, 2.75) is 28.7 Å². The molecule has 0 saturated carbocycles. The van der Waals surface area contributed by atoms with Crippen LogP contribution in [0.3, 0.4) is 0 Å². The van der Waals surface area contributed by atoms with Gasteiger partial charge in [0.15, 0.2) is 15.8 Å². The molecule has 2 aliphatic rings. The average Bonchev–Trinajstić information content (AvgIpc) is 3.46. The van der Waals surface area contributed by atoms with Crippen LogP contribution >= 0.6 is 34.9 Å². The van der Waals surface area contributed by atoms with Gasteiger partial charge in [-0.2, -0.15) is 0 Å². The summed E-state index contributed by atoms with van der Waals surface area (Å²) < 4.78 is 0.680. The standard InChI is InChI=1S/C28H26N6O8S3/c1-13-31-32-28(45-13)44-12-16-11-43-25-20(24(39)34(25)21(16)26(40)41)29-22(37)19(14-6-4-3-5-7-14)30-27(42)33(2)23(38)15-8-9-17(35)18(36)10-15/h3-10,19-20,25,35-36H,11-12H2,1-2H3,(H,29,37)(H,30,42)(H,40,41)/t19?,20?,25-/m0/s1. The highest BCUT2D eigenvalue weighted by Gasteiger charge is 2.54. The Kier molecular flexibility index (Phi) is 9.31. The fraction of sp³-hybridized carbons (Fsp3) is 0.250. The summed E-state index contributed by atoms with van der Waals surface area (Å²) in [6.07, 6.45) is 0. The predicted molar refractivity (Wildman–Crippen MR) is 165 cm³/mol. The van der Waals surface area contributed by atoms with E-state index in [1.807, 2.05) is 6.92 Å². The summed E-state index contributed by atoms with van der Waals surface area (Å²) in [4.78, 5) is 66.9. The average molecular weight is 671 g/mol. The highest BCUT2D eigenvalue weighted by molar-refractivity contribution is 8.01. The molecule has 3 heterocycles. The van der Waals surface area contributed by atoms with Crippen molar-refractivity contribution in [2.75, 3.05) is 18.6 Å². The Labute approximate surface area is 268 Å². The minimum absolute atomic E-state index is 0.0865. The molecule has 1 fully saturated rings. The number of carbonyl (C=O) groups excluding carboxylic acids is 4. The van der Waals surface area contributed by atoms with Gasteiger partial charge in [-0.1, -0.05) is 53.4 Å². The number of thioether (sulfide) groups is 2. The predicted octanol–water partition coefficient (Wildman–Crippen LogP) is 2.31. The number of phenolic OH excluding ortho intramolecular Hbond substituents is 2. The molecule has 0 spiro atoms. The lowest BCUT2D eigenvalue weighted by atomic mass is 10.0. The van der Waals surface area contributed by atoms with Crippen LogP contribution in [0.4, 0.5) is 4.79 Å². The fourth-order valence-corrected chi connectivity index (χ4v) is 7.93. The summed E-state index contributed by atoms with van der Waals surface area (Å²) in [5.74, 6) is -3.80. The molecule has 1 saturated heterocycles. The molecule has 2 aliphatic heterocycles. The summed E-state index contributed by atoms with van der Waals surface area (Å²) in [7, 11) is 1.18. The van der Waals surface area contributed by atoms with Gasteiger partial charge in [0.2, 0.25) is 5.91 Å². The van der Waals surface area contributed by atoms with E-state index in [4.69, 9.17) is 0 Å². The number of fused-ring (bicyclic) bond motifs is 1. The Hall–Kier alpha value is -4.61. The van der Waals surface area contributed by atoms with Crippen molar-refractivity contribution in [1.82, 2.24) is 30.6 Å². The number of hydrogen-bond donors (Lipinski definition) is 5. The van der Waals surface area contributed by atoms with E-state index in [9.17, 15) is 39.3 Å². The number of nitrogens with zero attached hydrogens (tertiary/aromatic N) is 4. The third-order valence-corrected chi connectivity index (χ3v) is 10.3. The molecule has 0 bridgehead atoms. The van der Waals surface area contributed by atoms with Crippen molar-refractivity contribution >= 4 is 64.6 Å². The number of benzene rings is 2. The Bertz CT molecular complexity index is 1710. The number of aromatic nitrogens is 2. The SMILES string of the molecule is Cc1nnc(SCC2=C(C(=O)O)N3C(=O)C(NC(=O)C(NC(=O)N(C)C(=O)c4ccc(O)c(O)c4)c4ccccc4)[C@@H]3SC2)s1. The lowest BCUT2D eigenvalue weighted by Gasteiger charge is -2.49. The van der Waals surface area contributed by atoms with Crippen molar-refractivity contribution in [2.24, 2.45) is 0 Å². The molecule has 14 nitrogen and oxygen atoms in total. The number of aliphatic carboxylic acids is 1. The quantitative estimate of drug-likeness (QED) is 0.127. The Morgan fingerprint density at radius 1 is 1.11 bits per heavy atom. The Morgan fingerprint density at radius 2 is 1.84 bits per heavy atom. The topological polar surface area (TPSA) is 202 Å². The number of hydrogen-bond acceptors (Lipinski definition) is 12. The minimum atomic E-state index is -1.32. The van der Waals surface area contributed by atoms with E-state index < -0.39 is 58.7 Å². The number of carboxylic acids is 1. The van der Waals surface area contributed by atoms with Crippen LogP contribution < -0.4 is 10.6 Å². The van der Waals surface area contributed by atoms with Gasteiger partial charge in [-0.05, 0) is 36.3 Å². The maximum atomic E-state index is 13.6. The molecule has 2 unspecified atom stereocenters. The molecular formula is C28H26N6O8S3. The van der Waals surface area contributed by atoms with E-state index in [1.54, 1.807) is 30.3 Å². The third kappa shape index (κ3) is 6.59. The lowest BCUT2D eigenvalue weighted by molar-refractivity contribution is -0.151. The molecule has 3 aromatic rings. The van der Waals surface area contributed by atoms with Crippen molar-refractivity contribution in [3.63, 3.8) is 0 Å². The minimum Gasteiger partial charge on any atom is -0.504 e. The molecule has 5 rings (SSSR count). The van der Waals surface area contributed by atoms with E-state index in [2.05, 4.69) is 20.8 Å². The molecule has 1 aromatic heterocycles. The highest BCUT2D eigenvalue weighted by atomic mass is 32.2. The van der Waals surface area contributed by atoms with Gasteiger partial charge in [-0.15, -0.1) is 22.0 Å². The van der Waals surface area contributed by atoms with E-state index in [-0.39, 0.29) is 11.3 Å². The van der Waals surface area contributed by atoms with Crippen molar-refractivity contribution in [3.05, 3.63) is 75.9 Å². The molecule has 17 heteroatoms. The van der Waals surface area contributed by atoms with Crippen LogP contribution in [-0.2, 0) is 14.4 Å². The fourth-order valence-electron chi connectivity index (χ4n) is 4.62. The van der Waals surface area contributed by atoms with Gasteiger partial charge in [0.05, 0.1) is 0 Å². The maximum Gasteiger partial charge on any atom is 0.352 e. The number of nitrogens with one attached hydrogen (secondary N) is 2. The molecule has 5 amide bonds. The van der Waals surface area contributed by atoms with Gasteiger partial charge < -0.3 is 26.0 Å². The van der Waals surface area contributed by atoms with E-state index in [0.717, 1.165) is 22.0 Å². The molecule has 0 aliphatic carbocycles. The zero-order chi connectivity index (χ0) is 32.4. The summed E-state index contributed by atoms with van der Waals surface area (Å²) in [6, 6.07) is 8.17. The van der Waals surface area contributed by atoms with Gasteiger partial charge in [0, 0.05) is 24.1 Å². The van der Waals surface area contributed by atoms with Gasteiger partial charge >= 0.3 is 12.0 Å². The van der Waals surface area contributed by atoms with Crippen LogP contribution in [0.5, 0.6) is 11.5 Å². The Balaban J connectivity index is 1.30. The number of rotatable bonds is 9. The number of β-lactam (4-membered cyclic amide) rings is 1. The van der Waals surface area contributed by atoms with E-state index in [0.29, 0.717) is 31.9 Å². The first-order valence-electron chi connectivity index (χ1n) is 13.2. The first-order valence-corrected chi connectivity index (χ1v) is 16.1. The summed E-state index contributed by atoms with van der Waals surface area (Å²) in [5.41, 5.74) is 0.695. The molecule has 0 radical (unpaired) electrons. The normalized spacial score (nSPS) is 18.0. The largest absolute Gasteiger partial charge is 0.504 e. The number of imide groups is 1. The maximum absolute atomic E-state index is 13.6. The zero-order valence-corrected chi connectivity index (χ0v) is 26.1. The van der Waals surface area contributed by atoms with Crippen molar-refractivity contribution in [3.8, 4) is 11.5 Å². The van der Waals surface area contributed by atoms with Crippen molar-refractivity contribution in [1.29, 1.82) is 0 Å². The number of aromatic hydroxyl groups is 2. The zero-order valence-electron chi connectivity index (χ0n) is 23.7. The number of aryl methyl sites for hydroxylation is 1.